The number of aromatic nitrogens is 2. The fourth-order valence-corrected chi connectivity index (χ4v) is 1.01. The summed E-state index contributed by atoms with van der Waals surface area (Å²) in [6, 6.07) is 2.86. The molecule has 0 aliphatic carbocycles. The van der Waals surface area contributed by atoms with Crippen LogP contribution >= 0.6 is 11.6 Å². The number of carbonyl (C=O) groups excluding carboxylic acids is 1. The minimum atomic E-state index is -0.428. The number of nitrogens with one attached hydrogen (secondary N) is 1. The minimum absolute atomic E-state index is 0.0775. The topological polar surface area (TPSA) is 87.8 Å². The number of rotatable bonds is 3. The van der Waals surface area contributed by atoms with Gasteiger partial charge in [0.1, 0.15) is 18.2 Å². The van der Waals surface area contributed by atoms with Crippen LogP contribution in [0, 0.1) is 11.3 Å². The van der Waals surface area contributed by atoms with E-state index >= 15 is 0 Å². The first-order chi connectivity index (χ1) is 7.13. The quantitative estimate of drug-likeness (QED) is 0.558. The average Bonchev–Trinajstić information content (AvgIpc) is 2.19. The lowest BCUT2D eigenvalue weighted by molar-refractivity contribution is -0.121. The molecule has 78 valence electrons. The van der Waals surface area contributed by atoms with Crippen LogP contribution in [0.2, 0.25) is 5.15 Å². The lowest BCUT2D eigenvalue weighted by atomic mass is 10.5. The van der Waals surface area contributed by atoms with Crippen molar-refractivity contribution in [2.45, 2.75) is 6.54 Å². The van der Waals surface area contributed by atoms with Gasteiger partial charge in [-0.15, -0.1) is 0 Å². The summed E-state index contributed by atoms with van der Waals surface area (Å²) >= 11 is 5.47. The zero-order valence-corrected chi connectivity index (χ0v) is 8.36. The molecule has 0 aliphatic heterocycles. The second kappa shape index (κ2) is 5.12. The van der Waals surface area contributed by atoms with E-state index < -0.39 is 11.5 Å². The van der Waals surface area contributed by atoms with Crippen molar-refractivity contribution in [3.8, 4) is 6.07 Å². The number of hydrogen-bond acceptors (Lipinski definition) is 4. The van der Waals surface area contributed by atoms with Crippen molar-refractivity contribution in [1.82, 2.24) is 14.9 Å². The molecule has 6 nitrogen and oxygen atoms in total. The Bertz CT molecular complexity index is 462. The molecule has 0 aromatic carbocycles. The third kappa shape index (κ3) is 3.40. The highest BCUT2D eigenvalue weighted by molar-refractivity contribution is 6.29. The Hall–Kier alpha value is -1.87. The molecule has 0 atom stereocenters. The van der Waals surface area contributed by atoms with E-state index in [9.17, 15) is 9.59 Å². The molecule has 0 bridgehead atoms. The number of carbonyl (C=O) groups is 1. The second-order valence-electron chi connectivity index (χ2n) is 2.61. The van der Waals surface area contributed by atoms with Gasteiger partial charge in [0.05, 0.1) is 12.4 Å². The van der Waals surface area contributed by atoms with Crippen LogP contribution in [-0.4, -0.2) is 22.0 Å². The van der Waals surface area contributed by atoms with Crippen LogP contribution in [0.15, 0.2) is 17.2 Å². The predicted octanol–water partition coefficient (Wildman–Crippen LogP) is -0.464. The lowest BCUT2D eigenvalue weighted by Crippen LogP contribution is -2.32. The van der Waals surface area contributed by atoms with E-state index in [2.05, 4.69) is 10.3 Å². The summed E-state index contributed by atoms with van der Waals surface area (Å²) in [7, 11) is 0. The highest BCUT2D eigenvalue weighted by Gasteiger charge is 2.04. The Morgan fingerprint density at radius 3 is 3.07 bits per heavy atom. The van der Waals surface area contributed by atoms with Crippen molar-refractivity contribution in [3.05, 3.63) is 27.9 Å². The number of nitriles is 1. The summed E-state index contributed by atoms with van der Waals surface area (Å²) in [4.78, 5) is 26.0. The van der Waals surface area contributed by atoms with E-state index in [-0.39, 0.29) is 18.2 Å². The van der Waals surface area contributed by atoms with Gasteiger partial charge < -0.3 is 5.32 Å². The van der Waals surface area contributed by atoms with Crippen LogP contribution in [0.25, 0.3) is 0 Å². The van der Waals surface area contributed by atoms with Gasteiger partial charge >= 0.3 is 0 Å². The highest BCUT2D eigenvalue weighted by Crippen LogP contribution is 1.95. The van der Waals surface area contributed by atoms with Crippen molar-refractivity contribution >= 4 is 17.5 Å². The number of amides is 1. The van der Waals surface area contributed by atoms with E-state index in [0.29, 0.717) is 0 Å². The molecule has 0 saturated heterocycles. The predicted molar refractivity (Wildman–Crippen MR) is 52.1 cm³/mol. The first-order valence-electron chi connectivity index (χ1n) is 3.99. The molecule has 1 rings (SSSR count). The number of nitrogens with zero attached hydrogens (tertiary/aromatic N) is 3. The maximum Gasteiger partial charge on any atom is 0.255 e. The van der Waals surface area contributed by atoms with Crippen molar-refractivity contribution in [2.24, 2.45) is 0 Å². The van der Waals surface area contributed by atoms with Crippen LogP contribution in [0.5, 0.6) is 0 Å². The van der Waals surface area contributed by atoms with Crippen molar-refractivity contribution in [3.63, 3.8) is 0 Å². The van der Waals surface area contributed by atoms with E-state index in [4.69, 9.17) is 16.9 Å². The van der Waals surface area contributed by atoms with Crippen LogP contribution in [0.1, 0.15) is 0 Å². The van der Waals surface area contributed by atoms with Crippen molar-refractivity contribution < 1.29 is 4.79 Å². The Balaban J connectivity index is 2.70. The summed E-state index contributed by atoms with van der Waals surface area (Å²) in [5.74, 6) is -0.428. The standard InChI is InChI=1S/C8H7ClN4O2/c9-6-3-8(15)13(5-12-6)4-7(14)11-2-1-10/h3,5H,2,4H2,(H,11,14). The smallest absolute Gasteiger partial charge is 0.255 e. The van der Waals surface area contributed by atoms with Gasteiger partial charge in [-0.05, 0) is 0 Å². The van der Waals surface area contributed by atoms with Crippen LogP contribution < -0.4 is 10.9 Å². The van der Waals surface area contributed by atoms with Gasteiger partial charge in [-0.3, -0.25) is 14.2 Å². The normalized spacial score (nSPS) is 9.33. The molecule has 1 N–H and O–H groups in total. The van der Waals surface area contributed by atoms with Gasteiger partial charge in [0.15, 0.2) is 0 Å². The molecule has 15 heavy (non-hydrogen) atoms. The van der Waals surface area contributed by atoms with Gasteiger partial charge in [0.25, 0.3) is 5.56 Å². The molecule has 0 saturated carbocycles. The summed E-state index contributed by atoms with van der Waals surface area (Å²) < 4.78 is 1.10. The maximum atomic E-state index is 11.2. The third-order valence-electron chi connectivity index (χ3n) is 1.52. The molecule has 1 aromatic heterocycles. The van der Waals surface area contributed by atoms with Crippen LogP contribution in [-0.2, 0) is 11.3 Å². The Labute approximate surface area is 90.1 Å². The molecule has 0 unspecified atom stereocenters. The van der Waals surface area contributed by atoms with Crippen molar-refractivity contribution in [1.29, 1.82) is 5.26 Å². The fraction of sp³-hybridized carbons (Fsp3) is 0.250. The van der Waals surface area contributed by atoms with Crippen molar-refractivity contribution in [2.75, 3.05) is 6.54 Å². The SMILES string of the molecule is N#CCNC(=O)Cn1cnc(Cl)cc1=O. The number of hydrogen-bond donors (Lipinski definition) is 1. The summed E-state index contributed by atoms with van der Waals surface area (Å²) in [6.07, 6.45) is 1.18. The summed E-state index contributed by atoms with van der Waals surface area (Å²) in [5.41, 5.74) is -0.415. The first-order valence-corrected chi connectivity index (χ1v) is 4.37. The molecule has 0 aliphatic rings. The maximum absolute atomic E-state index is 11.2. The monoisotopic (exact) mass is 226 g/mol. The van der Waals surface area contributed by atoms with Gasteiger partial charge in [0, 0.05) is 6.07 Å². The van der Waals surface area contributed by atoms with Crippen LogP contribution in [0.3, 0.4) is 0 Å². The van der Waals surface area contributed by atoms with E-state index in [0.717, 1.165) is 10.6 Å². The Kier molecular flexibility index (Phi) is 3.83. The van der Waals surface area contributed by atoms with Gasteiger partial charge in [-0.2, -0.15) is 5.26 Å². The molecular formula is C8H7ClN4O2. The van der Waals surface area contributed by atoms with E-state index in [1.807, 2.05) is 0 Å². The summed E-state index contributed by atoms with van der Waals surface area (Å²) in [5, 5.41) is 10.6. The molecule has 1 aromatic rings. The Morgan fingerprint density at radius 1 is 1.73 bits per heavy atom. The number of halogens is 1. The minimum Gasteiger partial charge on any atom is -0.341 e. The van der Waals surface area contributed by atoms with Gasteiger partial charge in [-0.25, -0.2) is 4.98 Å². The van der Waals surface area contributed by atoms with E-state index in [1.165, 1.54) is 6.33 Å². The second-order valence-corrected chi connectivity index (χ2v) is 3.00. The molecule has 0 spiro atoms. The molecule has 0 fully saturated rings. The molecule has 0 radical (unpaired) electrons. The zero-order valence-electron chi connectivity index (χ0n) is 7.61. The summed E-state index contributed by atoms with van der Waals surface area (Å²) in [6.45, 7) is -0.265. The third-order valence-corrected chi connectivity index (χ3v) is 1.73. The fourth-order valence-electron chi connectivity index (χ4n) is 0.871. The zero-order chi connectivity index (χ0) is 11.3. The molecule has 1 amide bonds. The Morgan fingerprint density at radius 2 is 2.47 bits per heavy atom. The van der Waals surface area contributed by atoms with Crippen LogP contribution in [0.4, 0.5) is 0 Å². The average molecular weight is 227 g/mol. The molecular weight excluding hydrogens is 220 g/mol. The highest BCUT2D eigenvalue weighted by atomic mass is 35.5. The van der Waals surface area contributed by atoms with E-state index in [1.54, 1.807) is 6.07 Å². The lowest BCUT2D eigenvalue weighted by Gasteiger charge is -2.03. The first kappa shape index (κ1) is 11.2. The van der Waals surface area contributed by atoms with Gasteiger partial charge in [0.2, 0.25) is 5.91 Å². The van der Waals surface area contributed by atoms with Gasteiger partial charge in [-0.1, -0.05) is 11.6 Å². The molecule has 1 heterocycles. The largest absolute Gasteiger partial charge is 0.341 e. The molecule has 7 heteroatoms.